The average molecular weight is 230 g/mol. The summed E-state index contributed by atoms with van der Waals surface area (Å²) in [5, 5.41) is 1.73. The van der Waals surface area contributed by atoms with Gasteiger partial charge in [0.2, 0.25) is 0 Å². The summed E-state index contributed by atoms with van der Waals surface area (Å²) in [6, 6.07) is 0. The van der Waals surface area contributed by atoms with Crippen LogP contribution in [0.4, 0.5) is 5.00 Å². The van der Waals surface area contributed by atoms with Crippen molar-refractivity contribution < 1.29 is 0 Å². The van der Waals surface area contributed by atoms with Crippen LogP contribution in [0.3, 0.4) is 0 Å². The van der Waals surface area contributed by atoms with Crippen molar-refractivity contribution >= 4 is 42.5 Å². The molecule has 2 aromatic rings. The van der Waals surface area contributed by atoms with Gasteiger partial charge >= 0.3 is 0 Å². The summed E-state index contributed by atoms with van der Waals surface area (Å²) in [7, 11) is 0. The molecule has 56 valence electrons. The van der Waals surface area contributed by atoms with Crippen LogP contribution in [0.15, 0.2) is 17.0 Å². The van der Waals surface area contributed by atoms with E-state index in [-0.39, 0.29) is 0 Å². The minimum Gasteiger partial charge on any atom is -0.390 e. The van der Waals surface area contributed by atoms with E-state index in [1.54, 1.807) is 6.20 Å². The Labute approximate surface area is 75.4 Å². The summed E-state index contributed by atoms with van der Waals surface area (Å²) in [5.41, 5.74) is 5.66. The quantitative estimate of drug-likeness (QED) is 0.753. The van der Waals surface area contributed by atoms with E-state index in [9.17, 15) is 0 Å². The molecule has 0 aromatic carbocycles. The van der Waals surface area contributed by atoms with Gasteiger partial charge in [0, 0.05) is 11.6 Å². The van der Waals surface area contributed by atoms with Crippen LogP contribution in [0.2, 0.25) is 0 Å². The van der Waals surface area contributed by atoms with E-state index in [1.807, 2.05) is 0 Å². The Morgan fingerprint density at radius 3 is 3.09 bits per heavy atom. The Balaban J connectivity index is 2.92. The van der Waals surface area contributed by atoms with Crippen LogP contribution in [-0.4, -0.2) is 9.97 Å². The molecule has 0 radical (unpaired) electrons. The first-order valence-corrected chi connectivity index (χ1v) is 4.53. The molecule has 3 nitrogen and oxygen atoms in total. The van der Waals surface area contributed by atoms with Gasteiger partial charge in [-0.1, -0.05) is 11.3 Å². The highest BCUT2D eigenvalue weighted by atomic mass is 79.9. The maximum absolute atomic E-state index is 5.66. The van der Waals surface area contributed by atoms with Crippen LogP contribution in [0, 0.1) is 0 Å². The van der Waals surface area contributed by atoms with Gasteiger partial charge in [-0.05, 0) is 15.9 Å². The third kappa shape index (κ3) is 1.00. The summed E-state index contributed by atoms with van der Waals surface area (Å²) in [6.45, 7) is 0. The van der Waals surface area contributed by atoms with Crippen LogP contribution in [0.1, 0.15) is 0 Å². The lowest BCUT2D eigenvalue weighted by atomic mass is 10.4. The smallest absolute Gasteiger partial charge is 0.129 e. The van der Waals surface area contributed by atoms with Crippen molar-refractivity contribution in [3.63, 3.8) is 0 Å². The first kappa shape index (κ1) is 7.00. The molecule has 2 N–H and O–H groups in total. The molecule has 0 saturated heterocycles. The average Bonchev–Trinajstić information content (AvgIpc) is 2.30. The third-order valence-electron chi connectivity index (χ3n) is 1.34. The largest absolute Gasteiger partial charge is 0.390 e. The van der Waals surface area contributed by atoms with Gasteiger partial charge in [0.25, 0.3) is 0 Å². The number of nitrogens with two attached hydrogens (primary N) is 1. The van der Waals surface area contributed by atoms with E-state index in [0.29, 0.717) is 0 Å². The summed E-state index contributed by atoms with van der Waals surface area (Å²) in [4.78, 5) is 8.88. The van der Waals surface area contributed by atoms with Gasteiger partial charge in [0.15, 0.2) is 0 Å². The van der Waals surface area contributed by atoms with Gasteiger partial charge in [-0.3, -0.25) is 0 Å². The molecule has 0 fully saturated rings. The Kier molecular flexibility index (Phi) is 1.54. The second-order valence-corrected chi connectivity index (χ2v) is 3.85. The topological polar surface area (TPSA) is 51.8 Å². The Morgan fingerprint density at radius 2 is 2.36 bits per heavy atom. The fourth-order valence-electron chi connectivity index (χ4n) is 0.832. The zero-order valence-electron chi connectivity index (χ0n) is 5.41. The Morgan fingerprint density at radius 1 is 1.55 bits per heavy atom. The molecule has 0 aliphatic rings. The lowest BCUT2D eigenvalue weighted by molar-refractivity contribution is 1.23. The van der Waals surface area contributed by atoms with E-state index in [1.165, 1.54) is 17.7 Å². The van der Waals surface area contributed by atoms with E-state index >= 15 is 0 Å². The Hall–Kier alpha value is -0.680. The number of fused-ring (bicyclic) bond motifs is 1. The monoisotopic (exact) mass is 229 g/mol. The molecule has 2 rings (SSSR count). The van der Waals surface area contributed by atoms with Gasteiger partial charge in [-0.25, -0.2) is 9.97 Å². The number of hydrogen-bond donors (Lipinski definition) is 1. The molecule has 0 spiro atoms. The SMILES string of the molecule is Nc1sc2ncncc2c1Br. The molecule has 0 bridgehead atoms. The van der Waals surface area contributed by atoms with Crippen molar-refractivity contribution in [3.05, 3.63) is 17.0 Å². The lowest BCUT2D eigenvalue weighted by Gasteiger charge is -1.85. The Bertz CT molecular complexity index is 398. The fourth-order valence-corrected chi connectivity index (χ4v) is 2.27. The summed E-state index contributed by atoms with van der Waals surface area (Å²) in [5.74, 6) is 0. The van der Waals surface area contributed by atoms with Crippen LogP contribution < -0.4 is 5.73 Å². The number of hydrogen-bond acceptors (Lipinski definition) is 4. The van der Waals surface area contributed by atoms with E-state index in [0.717, 1.165) is 19.7 Å². The molecular formula is C6H4BrN3S. The molecule has 5 heteroatoms. The molecule has 0 aliphatic carbocycles. The number of anilines is 1. The molecular weight excluding hydrogens is 226 g/mol. The van der Waals surface area contributed by atoms with Crippen molar-refractivity contribution in [2.75, 3.05) is 5.73 Å². The van der Waals surface area contributed by atoms with Crippen LogP contribution in [0.25, 0.3) is 10.2 Å². The number of nitrogen functional groups attached to an aromatic ring is 1. The van der Waals surface area contributed by atoms with Crippen molar-refractivity contribution in [2.45, 2.75) is 0 Å². The first-order valence-electron chi connectivity index (χ1n) is 2.92. The maximum atomic E-state index is 5.66. The second kappa shape index (κ2) is 2.42. The van der Waals surface area contributed by atoms with Crippen molar-refractivity contribution in [2.24, 2.45) is 0 Å². The number of nitrogens with zero attached hydrogens (tertiary/aromatic N) is 2. The van der Waals surface area contributed by atoms with Crippen molar-refractivity contribution in [3.8, 4) is 0 Å². The number of halogens is 1. The summed E-state index contributed by atoms with van der Waals surface area (Å²) >= 11 is 4.81. The third-order valence-corrected chi connectivity index (χ3v) is 3.39. The molecule has 2 heterocycles. The zero-order chi connectivity index (χ0) is 7.84. The summed E-state index contributed by atoms with van der Waals surface area (Å²) < 4.78 is 0.901. The zero-order valence-corrected chi connectivity index (χ0v) is 7.82. The maximum Gasteiger partial charge on any atom is 0.129 e. The van der Waals surface area contributed by atoms with Crippen molar-refractivity contribution in [1.29, 1.82) is 0 Å². The molecule has 2 aromatic heterocycles. The van der Waals surface area contributed by atoms with Gasteiger partial charge in [0.05, 0.1) is 4.47 Å². The van der Waals surface area contributed by atoms with Crippen LogP contribution >= 0.6 is 27.3 Å². The highest BCUT2D eigenvalue weighted by molar-refractivity contribution is 9.10. The minimum absolute atomic E-state index is 0.750. The predicted octanol–water partition coefficient (Wildman–Crippen LogP) is 2.04. The van der Waals surface area contributed by atoms with E-state index in [2.05, 4.69) is 25.9 Å². The molecule has 0 saturated carbocycles. The molecule has 0 aliphatic heterocycles. The van der Waals surface area contributed by atoms with E-state index in [4.69, 9.17) is 5.73 Å². The molecule has 0 unspecified atom stereocenters. The number of aromatic nitrogens is 2. The molecule has 11 heavy (non-hydrogen) atoms. The van der Waals surface area contributed by atoms with E-state index < -0.39 is 0 Å². The molecule has 0 amide bonds. The predicted molar refractivity (Wildman–Crippen MR) is 49.5 cm³/mol. The number of rotatable bonds is 0. The molecule has 0 atom stereocenters. The van der Waals surface area contributed by atoms with Crippen molar-refractivity contribution in [1.82, 2.24) is 9.97 Å². The van der Waals surface area contributed by atoms with Crippen LogP contribution in [0.5, 0.6) is 0 Å². The fraction of sp³-hybridized carbons (Fsp3) is 0. The van der Waals surface area contributed by atoms with Gasteiger partial charge in [-0.2, -0.15) is 0 Å². The van der Waals surface area contributed by atoms with Gasteiger partial charge in [0.1, 0.15) is 16.2 Å². The van der Waals surface area contributed by atoms with Gasteiger partial charge < -0.3 is 5.73 Å². The minimum atomic E-state index is 0.750. The highest BCUT2D eigenvalue weighted by Gasteiger charge is 2.06. The summed E-state index contributed by atoms with van der Waals surface area (Å²) in [6.07, 6.45) is 3.27. The van der Waals surface area contributed by atoms with Gasteiger partial charge in [-0.15, -0.1) is 0 Å². The van der Waals surface area contributed by atoms with Crippen LogP contribution in [-0.2, 0) is 0 Å². The standard InChI is InChI=1S/C6H4BrN3S/c7-4-3-1-9-2-10-6(3)11-5(4)8/h1-2H,8H2. The second-order valence-electron chi connectivity index (χ2n) is 2.02. The normalized spacial score (nSPS) is 10.6. The highest BCUT2D eigenvalue weighted by Crippen LogP contribution is 2.35. The lowest BCUT2D eigenvalue weighted by Crippen LogP contribution is -1.77. The first-order chi connectivity index (χ1) is 5.29. The number of thiophene rings is 1.